The van der Waals surface area contributed by atoms with Gasteiger partial charge in [-0.05, 0) is 30.5 Å². The van der Waals surface area contributed by atoms with Crippen molar-refractivity contribution >= 4 is 0 Å². The zero-order chi connectivity index (χ0) is 14.2. The van der Waals surface area contributed by atoms with Gasteiger partial charge in [0, 0.05) is 6.92 Å². The summed E-state index contributed by atoms with van der Waals surface area (Å²) in [6, 6.07) is 6.46. The lowest BCUT2D eigenvalue weighted by atomic mass is 9.81. The van der Waals surface area contributed by atoms with Crippen LogP contribution in [-0.2, 0) is 10.2 Å². The minimum absolute atomic E-state index is 0.0469. The molecule has 5 heteroatoms. The maximum absolute atomic E-state index is 13.0. The molecule has 2 heterocycles. The van der Waals surface area contributed by atoms with E-state index in [4.69, 9.17) is 9.26 Å². The van der Waals surface area contributed by atoms with Crippen molar-refractivity contribution in [3.05, 3.63) is 47.4 Å². The summed E-state index contributed by atoms with van der Waals surface area (Å²) in [6.07, 6.45) is 1.62. The van der Waals surface area contributed by atoms with Gasteiger partial charge in [0.25, 0.3) is 0 Å². The highest BCUT2D eigenvalue weighted by Gasteiger charge is 2.44. The van der Waals surface area contributed by atoms with Gasteiger partial charge in [-0.2, -0.15) is 4.98 Å². The first-order valence-electron chi connectivity index (χ1n) is 6.81. The molecule has 1 fully saturated rings. The molecule has 2 atom stereocenters. The molecule has 0 saturated carbocycles. The monoisotopic (exact) mass is 276 g/mol. The Balaban J connectivity index is 1.85. The fraction of sp³-hybridized carbons (Fsp3) is 0.467. The highest BCUT2D eigenvalue weighted by atomic mass is 19.1. The third kappa shape index (κ3) is 2.22. The molecule has 1 aliphatic heterocycles. The molecular weight excluding hydrogens is 259 g/mol. The molecule has 1 aromatic carbocycles. The third-order valence-electron chi connectivity index (χ3n) is 4.06. The number of aryl methyl sites for hydroxylation is 1. The largest absolute Gasteiger partial charge is 0.372 e. The van der Waals surface area contributed by atoms with E-state index in [1.807, 2.05) is 0 Å². The Labute approximate surface area is 117 Å². The molecule has 20 heavy (non-hydrogen) atoms. The average molecular weight is 276 g/mol. The number of hydrogen-bond acceptors (Lipinski definition) is 4. The van der Waals surface area contributed by atoms with Gasteiger partial charge in [0.2, 0.25) is 5.89 Å². The summed E-state index contributed by atoms with van der Waals surface area (Å²) < 4.78 is 24.0. The van der Waals surface area contributed by atoms with E-state index >= 15 is 0 Å². The van der Waals surface area contributed by atoms with Crippen molar-refractivity contribution in [2.24, 2.45) is 0 Å². The Morgan fingerprint density at radius 2 is 2.10 bits per heavy atom. The Morgan fingerprint density at radius 3 is 2.70 bits per heavy atom. The maximum Gasteiger partial charge on any atom is 0.223 e. The number of halogens is 1. The first kappa shape index (κ1) is 13.2. The summed E-state index contributed by atoms with van der Waals surface area (Å²) in [6.45, 7) is 4.44. The Hall–Kier alpha value is -1.75. The van der Waals surface area contributed by atoms with Crippen molar-refractivity contribution < 1.29 is 13.7 Å². The lowest BCUT2D eigenvalue weighted by Gasteiger charge is -2.21. The predicted octanol–water partition coefficient (Wildman–Crippen LogP) is 3.33. The molecule has 0 unspecified atom stereocenters. The normalized spacial score (nSPS) is 26.1. The average Bonchev–Trinajstić information content (AvgIpc) is 3.07. The van der Waals surface area contributed by atoms with Crippen molar-refractivity contribution in [1.29, 1.82) is 0 Å². The minimum Gasteiger partial charge on any atom is -0.372 e. The maximum atomic E-state index is 13.0. The number of ether oxygens (including phenoxy) is 1. The Bertz CT molecular complexity index is 596. The predicted molar refractivity (Wildman–Crippen MR) is 70.7 cm³/mol. The van der Waals surface area contributed by atoms with Gasteiger partial charge in [-0.25, -0.2) is 4.39 Å². The van der Waals surface area contributed by atoms with Crippen LogP contribution < -0.4 is 0 Å². The molecule has 2 aromatic rings. The molecule has 3 rings (SSSR count). The van der Waals surface area contributed by atoms with Crippen LogP contribution >= 0.6 is 0 Å². The van der Waals surface area contributed by atoms with Gasteiger partial charge in [-0.3, -0.25) is 0 Å². The highest BCUT2D eigenvalue weighted by molar-refractivity contribution is 5.22. The van der Waals surface area contributed by atoms with Crippen LogP contribution in [0.4, 0.5) is 4.39 Å². The number of nitrogens with zero attached hydrogens (tertiary/aromatic N) is 2. The van der Waals surface area contributed by atoms with Crippen LogP contribution in [0.1, 0.15) is 43.1 Å². The molecule has 0 amide bonds. The summed E-state index contributed by atoms with van der Waals surface area (Å²) >= 11 is 0. The summed E-state index contributed by atoms with van der Waals surface area (Å²) in [5.41, 5.74) is 0.776. The van der Waals surface area contributed by atoms with Crippen LogP contribution in [0.15, 0.2) is 28.8 Å². The van der Waals surface area contributed by atoms with E-state index in [0.29, 0.717) is 18.3 Å². The van der Waals surface area contributed by atoms with Gasteiger partial charge in [0.1, 0.15) is 5.82 Å². The standard InChI is InChI=1S/C15H17FN2O2/c1-3-15(14-17-10(2)20-18-14)8-13(19-9-15)11-4-6-12(16)7-5-11/h4-7,13H,3,8-9H2,1-2H3/t13-,15+/m1/s1. The van der Waals surface area contributed by atoms with E-state index in [2.05, 4.69) is 17.1 Å². The second-order valence-electron chi connectivity index (χ2n) is 5.33. The third-order valence-corrected chi connectivity index (χ3v) is 4.06. The number of hydrogen-bond donors (Lipinski definition) is 0. The zero-order valence-electron chi connectivity index (χ0n) is 11.6. The number of benzene rings is 1. The first-order valence-corrected chi connectivity index (χ1v) is 6.81. The number of rotatable bonds is 3. The van der Waals surface area contributed by atoms with Crippen LogP contribution in [0.5, 0.6) is 0 Å². The smallest absolute Gasteiger partial charge is 0.223 e. The molecule has 0 spiro atoms. The molecule has 0 N–H and O–H groups in total. The van der Waals surface area contributed by atoms with Crippen LogP contribution in [0.2, 0.25) is 0 Å². The lowest BCUT2D eigenvalue weighted by Crippen LogP contribution is -2.27. The van der Waals surface area contributed by atoms with Gasteiger partial charge in [0.05, 0.1) is 18.1 Å². The second kappa shape index (κ2) is 4.98. The minimum atomic E-state index is -0.234. The van der Waals surface area contributed by atoms with Crippen LogP contribution in [0.3, 0.4) is 0 Å². The highest BCUT2D eigenvalue weighted by Crippen LogP contribution is 2.44. The fourth-order valence-corrected chi connectivity index (χ4v) is 2.70. The lowest BCUT2D eigenvalue weighted by molar-refractivity contribution is 0.103. The van der Waals surface area contributed by atoms with Crippen molar-refractivity contribution in [3.8, 4) is 0 Å². The van der Waals surface area contributed by atoms with Crippen molar-refractivity contribution in [1.82, 2.24) is 10.1 Å². The van der Waals surface area contributed by atoms with Gasteiger partial charge in [-0.15, -0.1) is 0 Å². The second-order valence-corrected chi connectivity index (χ2v) is 5.33. The summed E-state index contributed by atoms with van der Waals surface area (Å²) in [4.78, 5) is 4.36. The zero-order valence-corrected chi connectivity index (χ0v) is 11.6. The van der Waals surface area contributed by atoms with Gasteiger partial charge >= 0.3 is 0 Å². The van der Waals surface area contributed by atoms with Crippen LogP contribution in [0.25, 0.3) is 0 Å². The fourth-order valence-electron chi connectivity index (χ4n) is 2.70. The van der Waals surface area contributed by atoms with E-state index in [1.165, 1.54) is 12.1 Å². The van der Waals surface area contributed by atoms with E-state index < -0.39 is 0 Å². The van der Waals surface area contributed by atoms with E-state index in [-0.39, 0.29) is 17.3 Å². The molecular formula is C15H17FN2O2. The quantitative estimate of drug-likeness (QED) is 0.862. The van der Waals surface area contributed by atoms with Crippen molar-refractivity contribution in [2.75, 3.05) is 6.61 Å². The summed E-state index contributed by atoms with van der Waals surface area (Å²) in [5.74, 6) is 1.04. The SMILES string of the molecule is CC[C@@]1(c2noc(C)n2)CO[C@@H](c2ccc(F)cc2)C1. The number of aromatic nitrogens is 2. The van der Waals surface area contributed by atoms with E-state index in [1.54, 1.807) is 19.1 Å². The molecule has 1 aliphatic rings. The molecule has 0 bridgehead atoms. The Morgan fingerprint density at radius 1 is 1.35 bits per heavy atom. The molecule has 0 radical (unpaired) electrons. The summed E-state index contributed by atoms with van der Waals surface area (Å²) in [5, 5.41) is 4.06. The van der Waals surface area contributed by atoms with Crippen molar-refractivity contribution in [3.63, 3.8) is 0 Å². The van der Waals surface area contributed by atoms with E-state index in [0.717, 1.165) is 18.4 Å². The van der Waals surface area contributed by atoms with Gasteiger partial charge in [0.15, 0.2) is 5.82 Å². The molecule has 4 nitrogen and oxygen atoms in total. The Kier molecular flexibility index (Phi) is 3.30. The van der Waals surface area contributed by atoms with E-state index in [9.17, 15) is 4.39 Å². The van der Waals surface area contributed by atoms with Crippen LogP contribution in [-0.4, -0.2) is 16.7 Å². The first-order chi connectivity index (χ1) is 9.63. The molecule has 0 aliphatic carbocycles. The molecule has 1 saturated heterocycles. The van der Waals surface area contributed by atoms with Gasteiger partial charge in [-0.1, -0.05) is 24.2 Å². The van der Waals surface area contributed by atoms with Crippen LogP contribution in [0, 0.1) is 12.7 Å². The molecule has 1 aromatic heterocycles. The molecule has 106 valence electrons. The summed E-state index contributed by atoms with van der Waals surface area (Å²) in [7, 11) is 0. The topological polar surface area (TPSA) is 48.2 Å². The van der Waals surface area contributed by atoms with Crippen molar-refractivity contribution in [2.45, 2.75) is 38.2 Å². The van der Waals surface area contributed by atoms with Gasteiger partial charge < -0.3 is 9.26 Å².